The number of nitro groups is 1. The summed E-state index contributed by atoms with van der Waals surface area (Å²) in [5.41, 5.74) is 3.76. The molecule has 0 aliphatic heterocycles. The van der Waals surface area contributed by atoms with Gasteiger partial charge in [-0.3, -0.25) is 10.1 Å². The first-order chi connectivity index (χ1) is 11.6. The van der Waals surface area contributed by atoms with Crippen molar-refractivity contribution in [3.8, 4) is 22.7 Å². The summed E-state index contributed by atoms with van der Waals surface area (Å²) in [7, 11) is 0. The molecule has 0 spiro atoms. The zero-order valence-electron chi connectivity index (χ0n) is 13.3. The first-order valence-corrected chi connectivity index (χ1v) is 7.74. The van der Waals surface area contributed by atoms with Crippen LogP contribution in [0.4, 0.5) is 5.69 Å². The normalized spacial score (nSPS) is 14.1. The maximum Gasteiger partial charge on any atom is 0.277 e. The van der Waals surface area contributed by atoms with Gasteiger partial charge < -0.3 is 9.40 Å². The second-order valence-corrected chi connectivity index (χ2v) is 6.05. The molecule has 0 atom stereocenters. The monoisotopic (exact) mass is 323 g/mol. The first-order valence-electron chi connectivity index (χ1n) is 7.74. The number of benzene rings is 1. The van der Waals surface area contributed by atoms with Crippen LogP contribution in [0.2, 0.25) is 0 Å². The molecule has 0 amide bonds. The van der Waals surface area contributed by atoms with Crippen LogP contribution in [-0.4, -0.2) is 20.1 Å². The summed E-state index contributed by atoms with van der Waals surface area (Å²) in [6.45, 7) is 3.78. The van der Waals surface area contributed by atoms with Gasteiger partial charge in [-0.05, 0) is 44.4 Å². The highest BCUT2D eigenvalue weighted by Gasteiger charge is 2.30. The highest BCUT2D eigenvalue weighted by molar-refractivity contribution is 5.82. The minimum absolute atomic E-state index is 0.0263. The molecule has 2 aromatic heterocycles. The Morgan fingerprint density at radius 2 is 2.17 bits per heavy atom. The van der Waals surface area contributed by atoms with Crippen molar-refractivity contribution in [3.05, 3.63) is 51.5 Å². The topological polar surface area (TPSA) is 97.8 Å². The quantitative estimate of drug-likeness (QED) is 0.579. The number of hydrogen-bond acceptors (Lipinski definition) is 5. The third-order valence-electron chi connectivity index (χ3n) is 4.33. The summed E-state index contributed by atoms with van der Waals surface area (Å²) >= 11 is 0. The number of nitrogens with zero attached hydrogens (tertiary/aromatic N) is 3. The van der Waals surface area contributed by atoms with Gasteiger partial charge in [-0.25, -0.2) is 0 Å². The van der Waals surface area contributed by atoms with Gasteiger partial charge in [-0.1, -0.05) is 6.07 Å². The van der Waals surface area contributed by atoms with Gasteiger partial charge >= 0.3 is 0 Å². The summed E-state index contributed by atoms with van der Waals surface area (Å²) in [5.74, 6) is 1.47. The number of nitrogens with one attached hydrogen (secondary N) is 1. The van der Waals surface area contributed by atoms with E-state index in [0.29, 0.717) is 29.0 Å². The van der Waals surface area contributed by atoms with E-state index >= 15 is 0 Å². The van der Waals surface area contributed by atoms with Crippen LogP contribution < -0.4 is 0 Å². The molecular weight excluding hydrogens is 308 g/mol. The van der Waals surface area contributed by atoms with Crippen LogP contribution in [0.3, 0.4) is 0 Å². The van der Waals surface area contributed by atoms with Gasteiger partial charge in [0.2, 0.25) is 5.89 Å². The summed E-state index contributed by atoms with van der Waals surface area (Å²) in [6.07, 6.45) is 2.17. The smallest absolute Gasteiger partial charge is 0.277 e. The standard InChI is InChI=1S/C17H15N4O3/c1-9-14(12-5-3-4-6-13(12)21(22)23)10(2)18-15(9)17-20-19-16(24-17)11-7-8-11/h3,5-6,11,18H,7-8H2,1-2H3. The second-order valence-electron chi connectivity index (χ2n) is 6.05. The molecule has 4 rings (SSSR count). The number of nitro benzene ring substituents is 1. The van der Waals surface area contributed by atoms with Crippen LogP contribution in [0, 0.1) is 30.0 Å². The number of aromatic nitrogens is 3. The van der Waals surface area contributed by atoms with Crippen LogP contribution in [0.5, 0.6) is 0 Å². The Kier molecular flexibility index (Phi) is 3.23. The summed E-state index contributed by atoms with van der Waals surface area (Å²) in [4.78, 5) is 14.2. The van der Waals surface area contributed by atoms with Gasteiger partial charge in [-0.15, -0.1) is 10.2 Å². The molecular formula is C17H15N4O3. The van der Waals surface area contributed by atoms with Crippen molar-refractivity contribution in [1.82, 2.24) is 15.2 Å². The average Bonchev–Trinajstić information content (AvgIpc) is 3.22. The third-order valence-corrected chi connectivity index (χ3v) is 4.33. The van der Waals surface area contributed by atoms with E-state index in [4.69, 9.17) is 4.42 Å². The largest absolute Gasteiger partial charge is 0.419 e. The fourth-order valence-electron chi connectivity index (χ4n) is 2.98. The molecule has 7 heteroatoms. The molecule has 1 aliphatic rings. The number of aromatic amines is 1. The van der Waals surface area contributed by atoms with Crippen molar-refractivity contribution < 1.29 is 9.34 Å². The van der Waals surface area contributed by atoms with Crippen molar-refractivity contribution in [1.29, 1.82) is 0 Å². The molecule has 1 N–H and O–H groups in total. The number of H-pyrrole nitrogens is 1. The maximum atomic E-state index is 11.3. The lowest BCUT2D eigenvalue weighted by Crippen LogP contribution is -1.93. The summed E-state index contributed by atoms with van der Waals surface area (Å²) < 4.78 is 5.76. The number of rotatable bonds is 4. The van der Waals surface area contributed by atoms with E-state index in [1.165, 1.54) is 6.07 Å². The van der Waals surface area contributed by atoms with Gasteiger partial charge in [0, 0.05) is 23.2 Å². The number of hydrogen-bond donors (Lipinski definition) is 1. The molecule has 1 fully saturated rings. The first kappa shape index (κ1) is 14.6. The lowest BCUT2D eigenvalue weighted by Gasteiger charge is -2.04. The van der Waals surface area contributed by atoms with Crippen LogP contribution in [0.1, 0.15) is 35.9 Å². The van der Waals surface area contributed by atoms with E-state index in [0.717, 1.165) is 29.7 Å². The SMILES string of the molecule is Cc1[nH]c(-c2nnc(C3CC3)o2)c(C)c1-c1cc[c]cc1[N+](=O)[O-]. The van der Waals surface area contributed by atoms with Crippen molar-refractivity contribution >= 4 is 5.69 Å². The lowest BCUT2D eigenvalue weighted by molar-refractivity contribution is -0.384. The molecule has 7 nitrogen and oxygen atoms in total. The third kappa shape index (κ3) is 2.29. The Labute approximate surface area is 137 Å². The van der Waals surface area contributed by atoms with E-state index in [1.54, 1.807) is 12.1 Å². The van der Waals surface area contributed by atoms with E-state index in [-0.39, 0.29) is 5.69 Å². The van der Waals surface area contributed by atoms with E-state index < -0.39 is 4.92 Å². The fraction of sp³-hybridized carbons (Fsp3) is 0.294. The zero-order valence-corrected chi connectivity index (χ0v) is 13.3. The molecule has 0 unspecified atom stereocenters. The lowest BCUT2D eigenvalue weighted by atomic mass is 9.99. The van der Waals surface area contributed by atoms with E-state index in [9.17, 15) is 10.1 Å². The van der Waals surface area contributed by atoms with E-state index in [1.807, 2.05) is 13.8 Å². The highest BCUT2D eigenvalue weighted by atomic mass is 16.6. The molecule has 0 bridgehead atoms. The van der Waals surface area contributed by atoms with Crippen molar-refractivity contribution in [2.75, 3.05) is 0 Å². The molecule has 3 aromatic rings. The van der Waals surface area contributed by atoms with E-state index in [2.05, 4.69) is 21.2 Å². The van der Waals surface area contributed by atoms with Gasteiger partial charge in [-0.2, -0.15) is 0 Å². The summed E-state index contributed by atoms with van der Waals surface area (Å²) in [5, 5.41) is 19.5. The predicted octanol–water partition coefficient (Wildman–Crippen LogP) is 3.93. The molecule has 1 radical (unpaired) electrons. The molecule has 24 heavy (non-hydrogen) atoms. The Hall–Kier alpha value is -2.96. The van der Waals surface area contributed by atoms with Gasteiger partial charge in [0.1, 0.15) is 5.69 Å². The molecule has 1 saturated carbocycles. The van der Waals surface area contributed by atoms with Crippen LogP contribution >= 0.6 is 0 Å². The molecule has 121 valence electrons. The van der Waals surface area contributed by atoms with Crippen molar-refractivity contribution in [2.45, 2.75) is 32.6 Å². The fourth-order valence-corrected chi connectivity index (χ4v) is 2.98. The molecule has 1 aliphatic carbocycles. The highest BCUT2D eigenvalue weighted by Crippen LogP contribution is 2.42. The van der Waals surface area contributed by atoms with Crippen molar-refractivity contribution in [2.24, 2.45) is 0 Å². The Bertz CT molecular complexity index is 937. The number of aryl methyl sites for hydroxylation is 1. The van der Waals surface area contributed by atoms with Crippen molar-refractivity contribution in [3.63, 3.8) is 0 Å². The van der Waals surface area contributed by atoms with Crippen LogP contribution in [0.25, 0.3) is 22.7 Å². The Balaban J connectivity index is 1.83. The van der Waals surface area contributed by atoms with Crippen LogP contribution in [-0.2, 0) is 0 Å². The minimum atomic E-state index is -0.394. The minimum Gasteiger partial charge on any atom is -0.419 e. The average molecular weight is 323 g/mol. The zero-order chi connectivity index (χ0) is 16.8. The second kappa shape index (κ2) is 5.30. The maximum absolute atomic E-state index is 11.3. The Morgan fingerprint density at radius 1 is 1.38 bits per heavy atom. The van der Waals surface area contributed by atoms with Gasteiger partial charge in [0.25, 0.3) is 11.6 Å². The Morgan fingerprint density at radius 3 is 2.88 bits per heavy atom. The molecule has 1 aromatic carbocycles. The molecule has 2 heterocycles. The van der Waals surface area contributed by atoms with Crippen LogP contribution in [0.15, 0.2) is 22.6 Å². The summed E-state index contributed by atoms with van der Waals surface area (Å²) in [6, 6.07) is 7.52. The predicted molar refractivity (Wildman–Crippen MR) is 86.5 cm³/mol. The van der Waals surface area contributed by atoms with Gasteiger partial charge in [0.15, 0.2) is 0 Å². The molecule has 0 saturated heterocycles. The van der Waals surface area contributed by atoms with Gasteiger partial charge in [0.05, 0.1) is 10.5 Å².